The first-order chi connectivity index (χ1) is 10.6. The van der Waals surface area contributed by atoms with Gasteiger partial charge in [-0.05, 0) is 50.0 Å². The van der Waals surface area contributed by atoms with Gasteiger partial charge in [-0.25, -0.2) is 4.39 Å². The van der Waals surface area contributed by atoms with E-state index < -0.39 is 0 Å². The number of rotatable bonds is 6. The van der Waals surface area contributed by atoms with Crippen LogP contribution in [0.2, 0.25) is 0 Å². The van der Waals surface area contributed by atoms with Gasteiger partial charge in [0.1, 0.15) is 5.82 Å². The summed E-state index contributed by atoms with van der Waals surface area (Å²) in [5.74, 6) is -0.410. The number of nitrogens with one attached hydrogen (secondary N) is 2. The number of carbonyl (C=O) groups excluding carboxylic acids is 1. The van der Waals surface area contributed by atoms with Gasteiger partial charge in [-0.1, -0.05) is 12.1 Å². The van der Waals surface area contributed by atoms with Crippen molar-refractivity contribution in [2.45, 2.75) is 38.6 Å². The summed E-state index contributed by atoms with van der Waals surface area (Å²) < 4.78 is 13.0. The molecule has 1 unspecified atom stereocenters. The Bertz CT molecular complexity index is 516. The Morgan fingerprint density at radius 3 is 3.09 bits per heavy atom. The highest BCUT2D eigenvalue weighted by Gasteiger charge is 2.20. The molecule has 2 atom stereocenters. The Morgan fingerprint density at radius 2 is 2.32 bits per heavy atom. The van der Waals surface area contributed by atoms with Gasteiger partial charge in [-0.3, -0.25) is 4.79 Å². The maximum absolute atomic E-state index is 13.0. The number of hydrogen-bond acceptors (Lipinski definition) is 1. The van der Waals surface area contributed by atoms with E-state index >= 15 is 0 Å². The number of amides is 1. The van der Waals surface area contributed by atoms with E-state index in [0.29, 0.717) is 12.1 Å². The Labute approximate surface area is 132 Å². The van der Waals surface area contributed by atoms with Gasteiger partial charge in [-0.15, -0.1) is 0 Å². The second-order valence-corrected chi connectivity index (χ2v) is 6.09. The molecule has 1 aromatic rings. The fraction of sp³-hybridized carbons (Fsp3) is 0.500. The van der Waals surface area contributed by atoms with Crippen molar-refractivity contribution in [2.24, 2.45) is 0 Å². The van der Waals surface area contributed by atoms with Gasteiger partial charge in [0.15, 0.2) is 0 Å². The van der Waals surface area contributed by atoms with Gasteiger partial charge in [0, 0.05) is 19.0 Å². The van der Waals surface area contributed by atoms with E-state index in [1.54, 1.807) is 23.1 Å². The molecule has 1 saturated heterocycles. The van der Waals surface area contributed by atoms with E-state index in [4.69, 9.17) is 0 Å². The van der Waals surface area contributed by atoms with Crippen LogP contribution in [0, 0.1) is 5.82 Å². The predicted octanol–water partition coefficient (Wildman–Crippen LogP) is 1.80. The topological polar surface area (TPSA) is 33.5 Å². The van der Waals surface area contributed by atoms with Crippen molar-refractivity contribution in [3.63, 3.8) is 0 Å². The molecule has 3 nitrogen and oxygen atoms in total. The molecule has 0 radical (unpaired) electrons. The average molecular weight is 305 g/mol. The number of carbonyl (C=O) groups is 1. The lowest BCUT2D eigenvalue weighted by Crippen LogP contribution is -3.16. The van der Waals surface area contributed by atoms with Gasteiger partial charge in [0.05, 0.1) is 19.1 Å². The molecular formula is C18H26FN2O+. The second-order valence-electron chi connectivity index (χ2n) is 6.09. The number of benzene rings is 1. The number of quaternary nitrogens is 1. The van der Waals surface area contributed by atoms with Crippen molar-refractivity contribution in [1.82, 2.24) is 5.32 Å². The molecule has 1 aliphatic rings. The monoisotopic (exact) mass is 305 g/mol. The zero-order valence-electron chi connectivity index (χ0n) is 13.3. The lowest BCUT2D eigenvalue weighted by Gasteiger charge is -2.30. The van der Waals surface area contributed by atoms with Gasteiger partial charge in [0.25, 0.3) is 0 Å². The first kappa shape index (κ1) is 16.7. The normalized spacial score (nSPS) is 21.9. The summed E-state index contributed by atoms with van der Waals surface area (Å²) in [6, 6.07) is 6.95. The third-order valence-corrected chi connectivity index (χ3v) is 4.33. The second kappa shape index (κ2) is 8.69. The van der Waals surface area contributed by atoms with Gasteiger partial charge < -0.3 is 10.2 Å². The lowest BCUT2D eigenvalue weighted by molar-refractivity contribution is -0.928. The van der Waals surface area contributed by atoms with Crippen molar-refractivity contribution in [1.29, 1.82) is 0 Å². The van der Waals surface area contributed by atoms with E-state index in [9.17, 15) is 9.18 Å². The summed E-state index contributed by atoms with van der Waals surface area (Å²) in [4.78, 5) is 13.4. The zero-order valence-corrected chi connectivity index (χ0v) is 13.3. The third-order valence-electron chi connectivity index (χ3n) is 4.33. The molecule has 22 heavy (non-hydrogen) atoms. The van der Waals surface area contributed by atoms with Crippen LogP contribution < -0.4 is 10.2 Å². The van der Waals surface area contributed by atoms with Crippen molar-refractivity contribution in [3.05, 3.63) is 41.7 Å². The molecule has 1 aromatic carbocycles. The Kier molecular flexibility index (Phi) is 6.59. The summed E-state index contributed by atoms with van der Waals surface area (Å²) in [5, 5.41) is 2.89. The fourth-order valence-electron chi connectivity index (χ4n) is 2.99. The van der Waals surface area contributed by atoms with Crippen molar-refractivity contribution in [3.8, 4) is 0 Å². The fourth-order valence-corrected chi connectivity index (χ4v) is 2.99. The minimum Gasteiger partial charge on any atom is -0.352 e. The summed E-state index contributed by atoms with van der Waals surface area (Å²) >= 11 is 0. The number of hydrogen-bond donors (Lipinski definition) is 2. The maximum Gasteiger partial charge on any atom is 0.244 e. The average Bonchev–Trinajstić information content (AvgIpc) is 2.51. The van der Waals surface area contributed by atoms with Crippen LogP contribution in [-0.4, -0.2) is 31.6 Å². The molecule has 0 saturated carbocycles. The van der Waals surface area contributed by atoms with Crippen molar-refractivity contribution in [2.75, 3.05) is 19.6 Å². The molecular weight excluding hydrogens is 279 g/mol. The highest BCUT2D eigenvalue weighted by atomic mass is 19.1. The number of halogens is 1. The van der Waals surface area contributed by atoms with Crippen molar-refractivity contribution >= 4 is 12.0 Å². The van der Waals surface area contributed by atoms with E-state index in [1.807, 2.05) is 0 Å². The van der Waals surface area contributed by atoms with Gasteiger partial charge in [-0.2, -0.15) is 0 Å². The SMILES string of the molecule is C[C@@H]1CCCC[NH+]1CCCNC(=O)/C=C/c1cccc(F)c1. The molecule has 2 rings (SSSR count). The van der Waals surface area contributed by atoms with E-state index in [0.717, 1.165) is 19.0 Å². The third kappa shape index (κ3) is 5.60. The Balaban J connectivity index is 1.65. The molecule has 1 amide bonds. The van der Waals surface area contributed by atoms with Crippen LogP contribution in [0.15, 0.2) is 30.3 Å². The van der Waals surface area contributed by atoms with Crippen LogP contribution in [-0.2, 0) is 4.79 Å². The maximum atomic E-state index is 13.0. The van der Waals surface area contributed by atoms with E-state index in [-0.39, 0.29) is 11.7 Å². The molecule has 0 aromatic heterocycles. The highest BCUT2D eigenvalue weighted by molar-refractivity contribution is 5.91. The van der Waals surface area contributed by atoms with E-state index in [1.165, 1.54) is 44.0 Å². The van der Waals surface area contributed by atoms with Crippen LogP contribution in [0.3, 0.4) is 0 Å². The largest absolute Gasteiger partial charge is 0.352 e. The summed E-state index contributed by atoms with van der Waals surface area (Å²) in [6.07, 6.45) is 8.09. The summed E-state index contributed by atoms with van der Waals surface area (Å²) in [6.45, 7) is 5.39. The minimum absolute atomic E-state index is 0.119. The van der Waals surface area contributed by atoms with Gasteiger partial charge in [0.2, 0.25) is 5.91 Å². The Morgan fingerprint density at radius 1 is 1.45 bits per heavy atom. The summed E-state index contributed by atoms with van der Waals surface area (Å²) in [5.41, 5.74) is 0.696. The van der Waals surface area contributed by atoms with Crippen molar-refractivity contribution < 1.29 is 14.1 Å². The van der Waals surface area contributed by atoms with Crippen LogP contribution in [0.1, 0.15) is 38.2 Å². The highest BCUT2D eigenvalue weighted by Crippen LogP contribution is 2.05. The molecule has 0 aliphatic carbocycles. The Hall–Kier alpha value is -1.68. The molecule has 4 heteroatoms. The van der Waals surface area contributed by atoms with Crippen LogP contribution in [0.5, 0.6) is 0 Å². The first-order valence-electron chi connectivity index (χ1n) is 8.21. The molecule has 1 heterocycles. The van der Waals surface area contributed by atoms with Crippen LogP contribution in [0.25, 0.3) is 6.08 Å². The minimum atomic E-state index is -0.291. The molecule has 1 aliphatic heterocycles. The standard InChI is InChI=1S/C18H25FN2O/c1-15-6-2-3-12-21(15)13-5-11-20-18(22)10-9-16-7-4-8-17(19)14-16/h4,7-10,14-15H,2-3,5-6,11-13H2,1H3,(H,20,22)/p+1/b10-9+/t15-/m1/s1. The molecule has 1 fully saturated rings. The lowest BCUT2D eigenvalue weighted by atomic mass is 10.0. The first-order valence-corrected chi connectivity index (χ1v) is 8.21. The predicted molar refractivity (Wildman–Crippen MR) is 87.1 cm³/mol. The van der Waals surface area contributed by atoms with Crippen LogP contribution >= 0.6 is 0 Å². The smallest absolute Gasteiger partial charge is 0.244 e. The van der Waals surface area contributed by atoms with Crippen LogP contribution in [0.4, 0.5) is 4.39 Å². The van der Waals surface area contributed by atoms with E-state index in [2.05, 4.69) is 12.2 Å². The molecule has 0 bridgehead atoms. The molecule has 2 N–H and O–H groups in total. The zero-order chi connectivity index (χ0) is 15.8. The summed E-state index contributed by atoms with van der Waals surface area (Å²) in [7, 11) is 0. The number of likely N-dealkylation sites (tertiary alicyclic amines) is 1. The quantitative estimate of drug-likeness (QED) is 0.610. The van der Waals surface area contributed by atoms with Gasteiger partial charge >= 0.3 is 0 Å². The molecule has 0 spiro atoms. The number of piperidine rings is 1. The molecule has 120 valence electrons.